The Morgan fingerprint density at radius 1 is 1.31 bits per heavy atom. The highest BCUT2D eigenvalue weighted by Gasteiger charge is 2.15. The van der Waals surface area contributed by atoms with Crippen molar-refractivity contribution in [3.05, 3.63) is 24.0 Å². The van der Waals surface area contributed by atoms with Crippen LogP contribution in [0.2, 0.25) is 0 Å². The third-order valence-corrected chi connectivity index (χ3v) is 2.56. The molecule has 0 aromatic rings. The first kappa shape index (κ1) is 8.63. The van der Waals surface area contributed by atoms with Crippen LogP contribution in [0.25, 0.3) is 0 Å². The zero-order valence-electron chi connectivity index (χ0n) is 8.08. The lowest BCUT2D eigenvalue weighted by Gasteiger charge is -2.34. The van der Waals surface area contributed by atoms with Crippen molar-refractivity contribution >= 4 is 0 Å². The number of rotatable bonds is 1. The fourth-order valence-corrected chi connectivity index (χ4v) is 1.64. The smallest absolute Gasteiger partial charge is 0.0837 e. The van der Waals surface area contributed by atoms with Gasteiger partial charge in [-0.2, -0.15) is 0 Å². The van der Waals surface area contributed by atoms with Gasteiger partial charge in [-0.05, 0) is 13.1 Å². The van der Waals surface area contributed by atoms with Gasteiger partial charge < -0.3 is 15.1 Å². The van der Waals surface area contributed by atoms with E-state index in [1.165, 1.54) is 5.70 Å². The van der Waals surface area contributed by atoms with E-state index < -0.39 is 0 Å². The molecule has 2 heterocycles. The maximum Gasteiger partial charge on any atom is 0.0837 e. The standard InChI is InChI=1S/C10H16N3/c1-12-5-7-13(8-6-12)10-3-2-4-11-9-10/h2-3,11H,4-8H2,1H3. The monoisotopic (exact) mass is 178 g/mol. The van der Waals surface area contributed by atoms with Crippen molar-refractivity contribution in [2.45, 2.75) is 0 Å². The summed E-state index contributed by atoms with van der Waals surface area (Å²) >= 11 is 0. The van der Waals surface area contributed by atoms with Gasteiger partial charge in [0, 0.05) is 32.7 Å². The van der Waals surface area contributed by atoms with E-state index in [1.807, 2.05) is 0 Å². The van der Waals surface area contributed by atoms with E-state index in [-0.39, 0.29) is 0 Å². The normalized spacial score (nSPS) is 24.1. The van der Waals surface area contributed by atoms with E-state index in [0.717, 1.165) is 32.7 Å². The van der Waals surface area contributed by atoms with Crippen LogP contribution in [0.3, 0.4) is 0 Å². The molecule has 71 valence electrons. The molecule has 1 saturated heterocycles. The van der Waals surface area contributed by atoms with Crippen LogP contribution >= 0.6 is 0 Å². The van der Waals surface area contributed by atoms with Gasteiger partial charge in [-0.15, -0.1) is 0 Å². The molecule has 3 heteroatoms. The summed E-state index contributed by atoms with van der Waals surface area (Å²) < 4.78 is 0. The first-order chi connectivity index (χ1) is 6.36. The number of piperazine rings is 1. The van der Waals surface area contributed by atoms with Gasteiger partial charge in [0.2, 0.25) is 0 Å². The molecule has 0 unspecified atom stereocenters. The van der Waals surface area contributed by atoms with Crippen LogP contribution in [0.5, 0.6) is 0 Å². The molecule has 0 spiro atoms. The van der Waals surface area contributed by atoms with Crippen LogP contribution < -0.4 is 5.32 Å². The van der Waals surface area contributed by atoms with Crippen LogP contribution in [-0.2, 0) is 0 Å². The largest absolute Gasteiger partial charge is 0.378 e. The molecule has 0 bridgehead atoms. The second-order valence-electron chi connectivity index (χ2n) is 3.58. The molecule has 13 heavy (non-hydrogen) atoms. The van der Waals surface area contributed by atoms with Crippen molar-refractivity contribution in [2.75, 3.05) is 39.8 Å². The Labute approximate surface area is 79.7 Å². The lowest BCUT2D eigenvalue weighted by Crippen LogP contribution is -2.44. The molecular weight excluding hydrogens is 162 g/mol. The van der Waals surface area contributed by atoms with Crippen LogP contribution in [-0.4, -0.2) is 49.6 Å². The molecule has 0 amide bonds. The summed E-state index contributed by atoms with van der Waals surface area (Å²) in [6.07, 6.45) is 7.49. The Morgan fingerprint density at radius 3 is 2.69 bits per heavy atom. The van der Waals surface area contributed by atoms with Crippen molar-refractivity contribution in [3.63, 3.8) is 0 Å². The van der Waals surface area contributed by atoms with Crippen molar-refractivity contribution in [2.24, 2.45) is 0 Å². The minimum Gasteiger partial charge on any atom is -0.378 e. The van der Waals surface area contributed by atoms with Gasteiger partial charge in [0.05, 0.1) is 11.9 Å². The van der Waals surface area contributed by atoms with Crippen LogP contribution in [0, 0.1) is 6.20 Å². The zero-order valence-corrected chi connectivity index (χ0v) is 8.08. The molecule has 1 N–H and O–H groups in total. The van der Waals surface area contributed by atoms with Gasteiger partial charge in [0.25, 0.3) is 0 Å². The van der Waals surface area contributed by atoms with E-state index >= 15 is 0 Å². The van der Waals surface area contributed by atoms with E-state index in [4.69, 9.17) is 0 Å². The van der Waals surface area contributed by atoms with Gasteiger partial charge >= 0.3 is 0 Å². The Hall–Kier alpha value is -0.960. The molecule has 3 nitrogen and oxygen atoms in total. The Balaban J connectivity index is 1.94. The van der Waals surface area contributed by atoms with Crippen LogP contribution in [0.15, 0.2) is 17.8 Å². The zero-order chi connectivity index (χ0) is 9.10. The predicted octanol–water partition coefficient (Wildman–Crippen LogP) is 0.0378. The number of nitrogens with zero attached hydrogens (tertiary/aromatic N) is 2. The highest BCUT2D eigenvalue weighted by molar-refractivity contribution is 5.18. The van der Waals surface area contributed by atoms with Crippen molar-refractivity contribution in [1.82, 2.24) is 15.1 Å². The van der Waals surface area contributed by atoms with E-state index in [2.05, 4.69) is 40.5 Å². The third kappa shape index (κ3) is 2.04. The highest BCUT2D eigenvalue weighted by Crippen LogP contribution is 2.10. The van der Waals surface area contributed by atoms with Gasteiger partial charge in [-0.3, -0.25) is 0 Å². The fraction of sp³-hybridized carbons (Fsp3) is 0.600. The van der Waals surface area contributed by atoms with E-state index in [9.17, 15) is 0 Å². The number of allylic oxidation sites excluding steroid dienone is 1. The number of hydrogen-bond donors (Lipinski definition) is 1. The molecule has 0 saturated carbocycles. The summed E-state index contributed by atoms with van der Waals surface area (Å²) in [4.78, 5) is 4.74. The summed E-state index contributed by atoms with van der Waals surface area (Å²) in [5, 5.41) is 3.11. The van der Waals surface area contributed by atoms with E-state index in [0.29, 0.717) is 0 Å². The minimum atomic E-state index is 0.914. The number of likely N-dealkylation sites (N-methyl/N-ethyl adjacent to an activating group) is 1. The van der Waals surface area contributed by atoms with Crippen molar-refractivity contribution in [1.29, 1.82) is 0 Å². The van der Waals surface area contributed by atoms with Crippen molar-refractivity contribution < 1.29 is 0 Å². The van der Waals surface area contributed by atoms with Crippen LogP contribution in [0.1, 0.15) is 0 Å². The molecule has 1 radical (unpaired) electrons. The number of nitrogens with one attached hydrogen (secondary N) is 1. The average molecular weight is 178 g/mol. The second kappa shape index (κ2) is 3.83. The van der Waals surface area contributed by atoms with Gasteiger partial charge in [-0.25, -0.2) is 0 Å². The predicted molar refractivity (Wildman–Crippen MR) is 53.0 cm³/mol. The summed E-state index contributed by atoms with van der Waals surface area (Å²) in [6, 6.07) is 0. The quantitative estimate of drug-likeness (QED) is 0.611. The van der Waals surface area contributed by atoms with Crippen molar-refractivity contribution in [3.8, 4) is 0 Å². The maximum atomic E-state index is 3.19. The molecule has 2 aliphatic heterocycles. The fourth-order valence-electron chi connectivity index (χ4n) is 1.64. The van der Waals surface area contributed by atoms with Gasteiger partial charge in [-0.1, -0.05) is 6.08 Å². The molecular formula is C10H16N3. The summed E-state index contributed by atoms with van der Waals surface area (Å²) in [5.74, 6) is 0. The second-order valence-corrected chi connectivity index (χ2v) is 3.58. The SMILES string of the molecule is CN1CCN(C2=[C]NCC=C2)CC1. The Kier molecular flexibility index (Phi) is 2.54. The lowest BCUT2D eigenvalue weighted by atomic mass is 10.2. The van der Waals surface area contributed by atoms with E-state index in [1.54, 1.807) is 0 Å². The number of dihydropyridines is 1. The first-order valence-corrected chi connectivity index (χ1v) is 4.82. The molecule has 2 aliphatic rings. The molecule has 0 aromatic carbocycles. The Bertz CT molecular complexity index is 224. The van der Waals surface area contributed by atoms with Gasteiger partial charge in [0.1, 0.15) is 0 Å². The topological polar surface area (TPSA) is 18.5 Å². The minimum absolute atomic E-state index is 0.914. The molecule has 0 atom stereocenters. The van der Waals surface area contributed by atoms with Crippen LogP contribution in [0.4, 0.5) is 0 Å². The highest BCUT2D eigenvalue weighted by atomic mass is 15.3. The Morgan fingerprint density at radius 2 is 2.08 bits per heavy atom. The number of hydrogen-bond acceptors (Lipinski definition) is 3. The molecule has 1 fully saturated rings. The lowest BCUT2D eigenvalue weighted by molar-refractivity contribution is 0.188. The summed E-state index contributed by atoms with van der Waals surface area (Å²) in [6.45, 7) is 5.45. The molecule has 2 rings (SSSR count). The third-order valence-electron chi connectivity index (χ3n) is 2.56. The maximum absolute atomic E-state index is 3.19. The molecule has 0 aliphatic carbocycles. The summed E-state index contributed by atoms with van der Waals surface area (Å²) in [7, 11) is 2.17. The van der Waals surface area contributed by atoms with Gasteiger partial charge in [0.15, 0.2) is 0 Å². The average Bonchev–Trinajstić information content (AvgIpc) is 2.20. The summed E-state index contributed by atoms with van der Waals surface area (Å²) in [5.41, 5.74) is 1.21. The molecule has 0 aromatic heterocycles. The first-order valence-electron chi connectivity index (χ1n) is 4.82.